The van der Waals surface area contributed by atoms with E-state index in [-0.39, 0.29) is 23.9 Å². The Bertz CT molecular complexity index is 678. The first-order valence-electron chi connectivity index (χ1n) is 5.90. The van der Waals surface area contributed by atoms with E-state index in [1.54, 1.807) is 12.1 Å². The fraction of sp³-hybridized carbons (Fsp3) is 0.143. The van der Waals surface area contributed by atoms with E-state index in [9.17, 15) is 14.5 Å². The summed E-state index contributed by atoms with van der Waals surface area (Å²) in [5.74, 6) is 0.120. The molecule has 0 fully saturated rings. The van der Waals surface area contributed by atoms with Crippen molar-refractivity contribution in [2.45, 2.75) is 6.61 Å². The third-order valence-corrected chi connectivity index (χ3v) is 3.50. The molecule has 0 unspecified atom stereocenters. The molecule has 0 aromatic heterocycles. The predicted molar refractivity (Wildman–Crippen MR) is 78.1 cm³/mol. The molecule has 0 atom stereocenters. The van der Waals surface area contributed by atoms with Crippen LogP contribution in [-0.4, -0.2) is 12.0 Å². The molecular weight excluding hydrogens is 345 g/mol. The monoisotopic (exact) mass is 355 g/mol. The van der Waals surface area contributed by atoms with Crippen LogP contribution in [0.25, 0.3) is 0 Å². The number of hydrogen-bond acceptors (Lipinski definition) is 4. The van der Waals surface area contributed by atoms with Crippen LogP contribution in [-0.2, 0) is 6.61 Å². The number of methoxy groups -OCH3 is 1. The lowest BCUT2D eigenvalue weighted by molar-refractivity contribution is -0.386. The Hall–Kier alpha value is -2.15. The fourth-order valence-corrected chi connectivity index (χ4v) is 2.15. The summed E-state index contributed by atoms with van der Waals surface area (Å²) in [5.41, 5.74) is 0.495. The Kier molecular flexibility index (Phi) is 4.74. The number of nitro groups is 1. The molecule has 0 spiro atoms. The van der Waals surface area contributed by atoms with Crippen LogP contribution in [0.3, 0.4) is 0 Å². The smallest absolute Gasteiger partial charge is 0.314 e. The van der Waals surface area contributed by atoms with Crippen molar-refractivity contribution >= 4 is 21.6 Å². The van der Waals surface area contributed by atoms with Gasteiger partial charge in [0.15, 0.2) is 5.75 Å². The topological polar surface area (TPSA) is 61.6 Å². The first-order valence-corrected chi connectivity index (χ1v) is 6.69. The molecule has 0 saturated heterocycles. The van der Waals surface area contributed by atoms with Crippen LogP contribution in [0.1, 0.15) is 5.56 Å². The standard InChI is InChI=1S/C14H11BrFNO4/c1-20-11-4-5-14(13(7-11)17(18)19)21-8-9-2-3-10(16)6-12(9)15/h2-7H,8H2,1H3. The minimum atomic E-state index is -0.544. The molecule has 0 aliphatic carbocycles. The van der Waals surface area contributed by atoms with Gasteiger partial charge in [-0.05, 0) is 24.3 Å². The van der Waals surface area contributed by atoms with Gasteiger partial charge in [-0.1, -0.05) is 22.0 Å². The van der Waals surface area contributed by atoms with Gasteiger partial charge in [0.1, 0.15) is 18.2 Å². The van der Waals surface area contributed by atoms with E-state index in [0.717, 1.165) is 0 Å². The molecule has 2 rings (SSSR count). The van der Waals surface area contributed by atoms with Gasteiger partial charge in [-0.3, -0.25) is 10.1 Å². The highest BCUT2D eigenvalue weighted by atomic mass is 79.9. The second-order valence-corrected chi connectivity index (χ2v) is 4.97. The van der Waals surface area contributed by atoms with Crippen LogP contribution >= 0.6 is 15.9 Å². The van der Waals surface area contributed by atoms with Crippen molar-refractivity contribution in [1.82, 2.24) is 0 Å². The molecule has 2 aromatic carbocycles. The van der Waals surface area contributed by atoms with Gasteiger partial charge in [-0.25, -0.2) is 4.39 Å². The van der Waals surface area contributed by atoms with Gasteiger partial charge in [-0.2, -0.15) is 0 Å². The molecule has 0 aliphatic rings. The minimum Gasteiger partial charge on any atom is -0.496 e. The number of hydrogen-bond donors (Lipinski definition) is 0. The van der Waals surface area contributed by atoms with Crippen molar-refractivity contribution in [3.63, 3.8) is 0 Å². The number of ether oxygens (including phenoxy) is 2. The van der Waals surface area contributed by atoms with E-state index in [0.29, 0.717) is 15.8 Å². The van der Waals surface area contributed by atoms with Gasteiger partial charge < -0.3 is 9.47 Å². The van der Waals surface area contributed by atoms with Gasteiger partial charge in [0.25, 0.3) is 0 Å². The quantitative estimate of drug-likeness (QED) is 0.598. The van der Waals surface area contributed by atoms with E-state index >= 15 is 0 Å². The summed E-state index contributed by atoms with van der Waals surface area (Å²) in [5, 5.41) is 11.0. The molecule has 0 N–H and O–H groups in total. The van der Waals surface area contributed by atoms with E-state index < -0.39 is 4.92 Å². The zero-order chi connectivity index (χ0) is 15.4. The lowest BCUT2D eigenvalue weighted by Gasteiger charge is -2.09. The lowest BCUT2D eigenvalue weighted by Crippen LogP contribution is -2.00. The Labute approximate surface area is 128 Å². The van der Waals surface area contributed by atoms with Crippen LogP contribution in [0.4, 0.5) is 10.1 Å². The van der Waals surface area contributed by atoms with Crippen LogP contribution < -0.4 is 9.47 Å². The van der Waals surface area contributed by atoms with Gasteiger partial charge in [0, 0.05) is 10.0 Å². The number of benzene rings is 2. The summed E-state index contributed by atoms with van der Waals surface area (Å²) in [4.78, 5) is 10.5. The molecule has 2 aromatic rings. The molecule has 7 heteroatoms. The first kappa shape index (κ1) is 15.2. The van der Waals surface area contributed by atoms with Crippen molar-refractivity contribution in [3.05, 3.63) is 62.4 Å². The number of nitro benzene ring substituents is 1. The summed E-state index contributed by atoms with van der Waals surface area (Å²) in [7, 11) is 1.43. The van der Waals surface area contributed by atoms with Gasteiger partial charge in [-0.15, -0.1) is 0 Å². The number of nitrogens with zero attached hydrogens (tertiary/aromatic N) is 1. The average molecular weight is 356 g/mol. The van der Waals surface area contributed by atoms with Crippen LogP contribution in [0, 0.1) is 15.9 Å². The fourth-order valence-electron chi connectivity index (χ4n) is 1.68. The Morgan fingerprint density at radius 1 is 1.29 bits per heavy atom. The molecule has 0 radical (unpaired) electrons. The van der Waals surface area contributed by atoms with E-state index in [2.05, 4.69) is 15.9 Å². The summed E-state index contributed by atoms with van der Waals surface area (Å²) >= 11 is 3.22. The summed E-state index contributed by atoms with van der Waals surface area (Å²) in [6.07, 6.45) is 0. The zero-order valence-corrected chi connectivity index (χ0v) is 12.6. The largest absolute Gasteiger partial charge is 0.496 e. The summed E-state index contributed by atoms with van der Waals surface area (Å²) < 4.78 is 23.9. The molecule has 0 saturated carbocycles. The maximum Gasteiger partial charge on any atom is 0.314 e. The van der Waals surface area contributed by atoms with Crippen LogP contribution in [0.5, 0.6) is 11.5 Å². The van der Waals surface area contributed by atoms with Crippen molar-refractivity contribution in [1.29, 1.82) is 0 Å². The molecule has 0 bridgehead atoms. The second-order valence-electron chi connectivity index (χ2n) is 4.12. The Morgan fingerprint density at radius 3 is 2.67 bits per heavy atom. The van der Waals surface area contributed by atoms with Crippen LogP contribution in [0.2, 0.25) is 0 Å². The summed E-state index contributed by atoms with van der Waals surface area (Å²) in [6.45, 7) is 0.0774. The third-order valence-electron chi connectivity index (χ3n) is 2.76. The second kappa shape index (κ2) is 6.53. The maximum absolute atomic E-state index is 13.0. The van der Waals surface area contributed by atoms with E-state index in [1.165, 1.54) is 31.4 Å². The molecule has 0 aliphatic heterocycles. The molecule has 0 heterocycles. The minimum absolute atomic E-state index is 0.0774. The summed E-state index contributed by atoms with van der Waals surface area (Å²) in [6, 6.07) is 8.48. The molecule has 21 heavy (non-hydrogen) atoms. The van der Waals surface area contributed by atoms with Gasteiger partial charge in [0.2, 0.25) is 0 Å². The predicted octanol–water partition coefficient (Wildman–Crippen LogP) is 4.08. The number of halogens is 2. The van der Waals surface area contributed by atoms with Crippen molar-refractivity contribution in [2.75, 3.05) is 7.11 Å². The molecule has 0 amide bonds. The van der Waals surface area contributed by atoms with Crippen molar-refractivity contribution in [2.24, 2.45) is 0 Å². The molecule has 5 nitrogen and oxygen atoms in total. The zero-order valence-electron chi connectivity index (χ0n) is 11.0. The number of rotatable bonds is 5. The molecule has 110 valence electrons. The van der Waals surface area contributed by atoms with Crippen molar-refractivity contribution < 1.29 is 18.8 Å². The first-order chi connectivity index (χ1) is 10.0. The highest BCUT2D eigenvalue weighted by molar-refractivity contribution is 9.10. The van der Waals surface area contributed by atoms with E-state index in [4.69, 9.17) is 9.47 Å². The SMILES string of the molecule is COc1ccc(OCc2ccc(F)cc2Br)c([N+](=O)[O-])c1. The lowest BCUT2D eigenvalue weighted by atomic mass is 10.2. The van der Waals surface area contributed by atoms with Crippen molar-refractivity contribution in [3.8, 4) is 11.5 Å². The van der Waals surface area contributed by atoms with Gasteiger partial charge in [0.05, 0.1) is 18.1 Å². The Balaban J connectivity index is 2.21. The van der Waals surface area contributed by atoms with E-state index in [1.807, 2.05) is 0 Å². The highest BCUT2D eigenvalue weighted by Gasteiger charge is 2.17. The molecular formula is C14H11BrFNO4. The maximum atomic E-state index is 13.0. The van der Waals surface area contributed by atoms with Gasteiger partial charge >= 0.3 is 5.69 Å². The third kappa shape index (κ3) is 3.69. The average Bonchev–Trinajstić information content (AvgIpc) is 2.46. The Morgan fingerprint density at radius 2 is 2.05 bits per heavy atom. The normalized spacial score (nSPS) is 10.2. The van der Waals surface area contributed by atoms with Crippen LogP contribution in [0.15, 0.2) is 40.9 Å². The highest BCUT2D eigenvalue weighted by Crippen LogP contribution is 2.32.